The Labute approximate surface area is 206 Å². The topological polar surface area (TPSA) is 41.9 Å². The van der Waals surface area contributed by atoms with Crippen molar-refractivity contribution >= 4 is 34.6 Å². The molecule has 34 heavy (non-hydrogen) atoms. The molecule has 4 rings (SSSR count). The van der Waals surface area contributed by atoms with Gasteiger partial charge in [-0.1, -0.05) is 81.4 Å². The van der Waals surface area contributed by atoms with Gasteiger partial charge in [-0.05, 0) is 63.7 Å². The number of methoxy groups -OCH3 is 1. The fourth-order valence-electron chi connectivity index (χ4n) is 3.74. The lowest BCUT2D eigenvalue weighted by molar-refractivity contribution is -0.113. The summed E-state index contributed by atoms with van der Waals surface area (Å²) < 4.78 is 5.25. The zero-order valence-electron chi connectivity index (χ0n) is 20.1. The highest BCUT2D eigenvalue weighted by atomic mass is 32.2. The van der Waals surface area contributed by atoms with E-state index in [4.69, 9.17) is 9.73 Å². The number of ether oxygens (including phenoxy) is 1. The van der Waals surface area contributed by atoms with Crippen LogP contribution in [-0.4, -0.2) is 18.2 Å². The zero-order valence-corrected chi connectivity index (χ0v) is 20.9. The van der Waals surface area contributed by atoms with Crippen molar-refractivity contribution in [1.29, 1.82) is 0 Å². The van der Waals surface area contributed by atoms with Gasteiger partial charge in [-0.2, -0.15) is 0 Å². The van der Waals surface area contributed by atoms with Crippen molar-refractivity contribution in [1.82, 2.24) is 0 Å². The van der Waals surface area contributed by atoms with E-state index in [1.807, 2.05) is 60.7 Å². The van der Waals surface area contributed by atoms with E-state index in [1.165, 1.54) is 17.3 Å². The predicted octanol–water partition coefficient (Wildman–Crippen LogP) is 6.81. The van der Waals surface area contributed by atoms with Crippen molar-refractivity contribution in [3.8, 4) is 0 Å². The third kappa shape index (κ3) is 5.66. The number of nitrogens with zero attached hydrogens (tertiary/aromatic N) is 2. The molecule has 1 fully saturated rings. The first-order valence-electron chi connectivity index (χ1n) is 11.4. The van der Waals surface area contributed by atoms with Crippen LogP contribution in [0.1, 0.15) is 43.0 Å². The van der Waals surface area contributed by atoms with Crippen LogP contribution in [-0.2, 0) is 28.1 Å². The standard InChI is InChI=1S/C29H30N2O2S/c1-29(2,3)24-15-13-21(14-16-24)19-30-28-31(25-11-6-5-7-12-25)27(32)26(34-28)18-22-9-8-10-23(17-22)20-33-4/h5-18H,19-20H2,1-4H3/b26-18-,30-28-. The summed E-state index contributed by atoms with van der Waals surface area (Å²) in [5.74, 6) is -0.0600. The molecule has 3 aromatic carbocycles. The minimum absolute atomic E-state index is 0.0600. The number of amides is 1. The van der Waals surface area contributed by atoms with Crippen LogP contribution >= 0.6 is 11.8 Å². The van der Waals surface area contributed by atoms with E-state index in [0.717, 1.165) is 22.4 Å². The molecule has 174 valence electrons. The first kappa shape index (κ1) is 24.0. The molecule has 0 unspecified atom stereocenters. The molecule has 1 amide bonds. The molecular weight excluding hydrogens is 440 g/mol. The third-order valence-electron chi connectivity index (χ3n) is 5.60. The number of para-hydroxylation sites is 1. The number of thioether (sulfide) groups is 1. The van der Waals surface area contributed by atoms with Gasteiger partial charge < -0.3 is 4.74 Å². The van der Waals surface area contributed by atoms with E-state index < -0.39 is 0 Å². The summed E-state index contributed by atoms with van der Waals surface area (Å²) >= 11 is 1.42. The van der Waals surface area contributed by atoms with Gasteiger partial charge in [0.25, 0.3) is 5.91 Å². The second-order valence-electron chi connectivity index (χ2n) is 9.31. The monoisotopic (exact) mass is 470 g/mol. The second-order valence-corrected chi connectivity index (χ2v) is 10.3. The summed E-state index contributed by atoms with van der Waals surface area (Å²) in [5, 5.41) is 0.690. The van der Waals surface area contributed by atoms with Crippen LogP contribution in [0.4, 0.5) is 5.69 Å². The Bertz CT molecular complexity index is 1210. The SMILES string of the molecule is COCc1cccc(/C=C2\S/C(=N\Cc3ccc(C(C)(C)C)cc3)N(c3ccccc3)C2=O)c1. The van der Waals surface area contributed by atoms with E-state index in [0.29, 0.717) is 23.2 Å². The molecule has 0 radical (unpaired) electrons. The van der Waals surface area contributed by atoms with Gasteiger partial charge in [0.1, 0.15) is 0 Å². The molecule has 0 bridgehead atoms. The lowest BCUT2D eigenvalue weighted by Gasteiger charge is -2.19. The molecule has 3 aromatic rings. The number of anilines is 1. The molecule has 0 atom stereocenters. The van der Waals surface area contributed by atoms with Crippen LogP contribution in [0.3, 0.4) is 0 Å². The van der Waals surface area contributed by atoms with Crippen molar-refractivity contribution in [2.45, 2.75) is 39.3 Å². The number of carbonyl (C=O) groups is 1. The highest BCUT2D eigenvalue weighted by molar-refractivity contribution is 8.19. The van der Waals surface area contributed by atoms with Crippen LogP contribution in [0.15, 0.2) is 88.8 Å². The van der Waals surface area contributed by atoms with Crippen molar-refractivity contribution in [3.05, 3.63) is 106 Å². The smallest absolute Gasteiger partial charge is 0.271 e. The van der Waals surface area contributed by atoms with Crippen molar-refractivity contribution in [2.75, 3.05) is 12.0 Å². The Morgan fingerprint density at radius 2 is 1.68 bits per heavy atom. The summed E-state index contributed by atoms with van der Waals surface area (Å²) in [6, 6.07) is 26.3. The van der Waals surface area contributed by atoms with Gasteiger partial charge in [0.05, 0.1) is 23.7 Å². The molecule has 0 aliphatic carbocycles. The Hall–Kier alpha value is -3.15. The molecule has 1 aliphatic heterocycles. The minimum atomic E-state index is -0.0600. The Balaban J connectivity index is 1.63. The van der Waals surface area contributed by atoms with E-state index >= 15 is 0 Å². The maximum Gasteiger partial charge on any atom is 0.271 e. The largest absolute Gasteiger partial charge is 0.380 e. The van der Waals surface area contributed by atoms with Crippen LogP contribution < -0.4 is 4.90 Å². The number of benzene rings is 3. The number of rotatable bonds is 6. The van der Waals surface area contributed by atoms with Crippen molar-refractivity contribution in [2.24, 2.45) is 4.99 Å². The minimum Gasteiger partial charge on any atom is -0.380 e. The number of hydrogen-bond acceptors (Lipinski definition) is 4. The summed E-state index contributed by atoms with van der Waals surface area (Å²) in [7, 11) is 1.68. The van der Waals surface area contributed by atoms with Gasteiger partial charge >= 0.3 is 0 Å². The normalized spacial score (nSPS) is 16.6. The van der Waals surface area contributed by atoms with Crippen LogP contribution in [0.5, 0.6) is 0 Å². The average Bonchev–Trinajstić information content (AvgIpc) is 3.13. The molecule has 0 N–H and O–H groups in total. The van der Waals surface area contributed by atoms with E-state index in [-0.39, 0.29) is 11.3 Å². The predicted molar refractivity (Wildman–Crippen MR) is 143 cm³/mol. The van der Waals surface area contributed by atoms with Crippen molar-refractivity contribution in [3.63, 3.8) is 0 Å². The summed E-state index contributed by atoms with van der Waals surface area (Å²) in [6.07, 6.45) is 1.93. The molecule has 0 spiro atoms. The zero-order chi connectivity index (χ0) is 24.1. The molecule has 1 aliphatic rings. The van der Waals surface area contributed by atoms with Crippen molar-refractivity contribution < 1.29 is 9.53 Å². The number of hydrogen-bond donors (Lipinski definition) is 0. The quantitative estimate of drug-likeness (QED) is 0.372. The molecule has 1 heterocycles. The molecule has 0 saturated carbocycles. The highest BCUT2D eigenvalue weighted by Crippen LogP contribution is 2.36. The summed E-state index contributed by atoms with van der Waals surface area (Å²) in [5.41, 5.74) is 5.38. The van der Waals surface area contributed by atoms with Gasteiger partial charge in [0, 0.05) is 7.11 Å². The van der Waals surface area contributed by atoms with Gasteiger partial charge in [0.15, 0.2) is 5.17 Å². The molecule has 5 heteroatoms. The first-order chi connectivity index (χ1) is 16.3. The van der Waals surface area contributed by atoms with Gasteiger partial charge in [-0.15, -0.1) is 0 Å². The van der Waals surface area contributed by atoms with E-state index in [2.05, 4.69) is 45.0 Å². The fourth-order valence-corrected chi connectivity index (χ4v) is 4.72. The van der Waals surface area contributed by atoms with Crippen LogP contribution in [0.2, 0.25) is 0 Å². The maximum absolute atomic E-state index is 13.4. The average molecular weight is 471 g/mol. The van der Waals surface area contributed by atoms with E-state index in [9.17, 15) is 4.79 Å². The number of aliphatic imine (C=N–C) groups is 1. The molecule has 4 nitrogen and oxygen atoms in total. The van der Waals surface area contributed by atoms with Gasteiger partial charge in [-0.3, -0.25) is 14.7 Å². The first-order valence-corrected chi connectivity index (χ1v) is 12.2. The summed E-state index contributed by atoms with van der Waals surface area (Å²) in [6.45, 7) is 7.67. The Morgan fingerprint density at radius 3 is 2.35 bits per heavy atom. The van der Waals surface area contributed by atoms with Crippen LogP contribution in [0.25, 0.3) is 6.08 Å². The highest BCUT2D eigenvalue weighted by Gasteiger charge is 2.34. The molecule has 1 saturated heterocycles. The molecule has 0 aromatic heterocycles. The number of carbonyl (C=O) groups excluding carboxylic acids is 1. The lowest BCUT2D eigenvalue weighted by Crippen LogP contribution is -2.28. The number of amidine groups is 1. The maximum atomic E-state index is 13.4. The Morgan fingerprint density at radius 1 is 0.941 bits per heavy atom. The second kappa shape index (κ2) is 10.4. The molecular formula is C29H30N2O2S. The van der Waals surface area contributed by atoms with E-state index in [1.54, 1.807) is 12.0 Å². The van der Waals surface area contributed by atoms with Crippen LogP contribution in [0, 0.1) is 0 Å². The Kier molecular flexibility index (Phi) is 7.35. The van der Waals surface area contributed by atoms with Gasteiger partial charge in [-0.25, -0.2) is 0 Å². The summed E-state index contributed by atoms with van der Waals surface area (Å²) in [4.78, 5) is 20.6. The fraction of sp³-hybridized carbons (Fsp3) is 0.241. The lowest BCUT2D eigenvalue weighted by atomic mass is 9.87. The third-order valence-corrected chi connectivity index (χ3v) is 6.60. The van der Waals surface area contributed by atoms with Gasteiger partial charge in [0.2, 0.25) is 0 Å².